The monoisotopic (exact) mass is 366 g/mol. The van der Waals surface area contributed by atoms with Crippen molar-refractivity contribution in [1.29, 1.82) is 0 Å². The molecule has 24 heavy (non-hydrogen) atoms. The summed E-state index contributed by atoms with van der Waals surface area (Å²) in [5.41, 5.74) is 1.50. The first-order valence-corrected chi connectivity index (χ1v) is 8.83. The Morgan fingerprint density at radius 2 is 2.00 bits per heavy atom. The molecule has 6 heteroatoms. The van der Waals surface area contributed by atoms with E-state index in [1.54, 1.807) is 17.8 Å². The summed E-state index contributed by atoms with van der Waals surface area (Å²) in [7, 11) is 0. The van der Waals surface area contributed by atoms with Crippen molar-refractivity contribution in [3.8, 4) is 0 Å². The zero-order valence-corrected chi connectivity index (χ0v) is 15.0. The first kappa shape index (κ1) is 18.8. The molecule has 2 aromatic carbocycles. The Balaban J connectivity index is 0.00000208. The Labute approximate surface area is 152 Å². The van der Waals surface area contributed by atoms with Crippen LogP contribution in [0.3, 0.4) is 0 Å². The van der Waals surface area contributed by atoms with Gasteiger partial charge in [-0.15, -0.1) is 24.2 Å². The van der Waals surface area contributed by atoms with E-state index in [1.165, 1.54) is 12.1 Å². The smallest absolute Gasteiger partial charge is 0.254 e. The van der Waals surface area contributed by atoms with Gasteiger partial charge in [0.15, 0.2) is 0 Å². The number of halogens is 2. The van der Waals surface area contributed by atoms with Crippen molar-refractivity contribution in [2.75, 3.05) is 25.9 Å². The second kappa shape index (κ2) is 8.51. The van der Waals surface area contributed by atoms with E-state index in [9.17, 15) is 9.18 Å². The summed E-state index contributed by atoms with van der Waals surface area (Å²) in [6.07, 6.45) is 2.01. The second-order valence-corrected chi connectivity index (χ2v) is 6.38. The maximum absolute atomic E-state index is 13.5. The Kier molecular flexibility index (Phi) is 6.66. The van der Waals surface area contributed by atoms with Crippen LogP contribution in [0.25, 0.3) is 0 Å². The lowest BCUT2D eigenvalue weighted by Gasteiger charge is -2.36. The van der Waals surface area contributed by atoms with Gasteiger partial charge in [-0.2, -0.15) is 0 Å². The quantitative estimate of drug-likeness (QED) is 0.839. The lowest BCUT2D eigenvalue weighted by Crippen LogP contribution is -2.48. The van der Waals surface area contributed by atoms with Gasteiger partial charge in [0.25, 0.3) is 5.91 Å². The van der Waals surface area contributed by atoms with Crippen LogP contribution in [0.4, 0.5) is 4.39 Å². The van der Waals surface area contributed by atoms with Crippen molar-refractivity contribution in [1.82, 2.24) is 10.2 Å². The van der Waals surface area contributed by atoms with Gasteiger partial charge in [0, 0.05) is 30.1 Å². The minimum atomic E-state index is -0.273. The van der Waals surface area contributed by atoms with E-state index in [1.807, 2.05) is 41.5 Å². The number of thioether (sulfide) groups is 1. The van der Waals surface area contributed by atoms with E-state index in [-0.39, 0.29) is 30.2 Å². The van der Waals surface area contributed by atoms with Gasteiger partial charge in [0.2, 0.25) is 0 Å². The van der Waals surface area contributed by atoms with E-state index in [4.69, 9.17) is 0 Å². The van der Waals surface area contributed by atoms with Gasteiger partial charge in [-0.1, -0.05) is 12.1 Å². The highest BCUT2D eigenvalue weighted by Crippen LogP contribution is 2.25. The molecule has 1 saturated heterocycles. The Morgan fingerprint density at radius 3 is 2.67 bits per heavy atom. The van der Waals surface area contributed by atoms with E-state index in [0.29, 0.717) is 18.7 Å². The molecule has 1 unspecified atom stereocenters. The van der Waals surface area contributed by atoms with E-state index < -0.39 is 0 Å². The maximum atomic E-state index is 13.5. The van der Waals surface area contributed by atoms with Gasteiger partial charge in [-0.25, -0.2) is 4.39 Å². The summed E-state index contributed by atoms with van der Waals surface area (Å²) in [5, 5.41) is 3.29. The highest BCUT2D eigenvalue weighted by Gasteiger charge is 2.28. The third-order valence-corrected chi connectivity index (χ3v) is 4.82. The van der Waals surface area contributed by atoms with Crippen molar-refractivity contribution in [3.63, 3.8) is 0 Å². The van der Waals surface area contributed by atoms with Gasteiger partial charge < -0.3 is 10.2 Å². The zero-order valence-electron chi connectivity index (χ0n) is 13.4. The minimum Gasteiger partial charge on any atom is -0.329 e. The predicted octanol–water partition coefficient (Wildman–Crippen LogP) is 3.76. The molecule has 0 radical (unpaired) electrons. The molecule has 0 aliphatic carbocycles. The molecule has 1 amide bonds. The number of rotatable bonds is 3. The molecule has 0 bridgehead atoms. The SMILES string of the molecule is CSc1ccc(C(=O)N2CCNCC2c2cccc(F)c2)cc1.Cl. The van der Waals surface area contributed by atoms with Crippen LogP contribution in [0.2, 0.25) is 0 Å². The summed E-state index contributed by atoms with van der Waals surface area (Å²) in [5.74, 6) is -0.279. The Morgan fingerprint density at radius 1 is 1.25 bits per heavy atom. The van der Waals surface area contributed by atoms with Gasteiger partial charge in [0.1, 0.15) is 5.82 Å². The lowest BCUT2D eigenvalue weighted by atomic mass is 10.0. The Hall–Kier alpha value is -1.56. The second-order valence-electron chi connectivity index (χ2n) is 5.50. The first-order valence-electron chi connectivity index (χ1n) is 7.60. The fourth-order valence-corrected chi connectivity index (χ4v) is 3.27. The molecule has 1 aliphatic rings. The summed E-state index contributed by atoms with van der Waals surface area (Å²) >= 11 is 1.65. The van der Waals surface area contributed by atoms with Crippen LogP contribution in [-0.2, 0) is 0 Å². The number of nitrogens with one attached hydrogen (secondary N) is 1. The van der Waals surface area contributed by atoms with E-state index in [2.05, 4.69) is 5.32 Å². The molecule has 0 saturated carbocycles. The fraction of sp³-hybridized carbons (Fsp3) is 0.278. The summed E-state index contributed by atoms with van der Waals surface area (Å²) < 4.78 is 13.5. The van der Waals surface area contributed by atoms with Crippen LogP contribution in [0.15, 0.2) is 53.4 Å². The first-order chi connectivity index (χ1) is 11.2. The zero-order chi connectivity index (χ0) is 16.2. The third-order valence-electron chi connectivity index (χ3n) is 4.07. The molecular weight excluding hydrogens is 347 g/mol. The Bertz CT molecular complexity index is 696. The van der Waals surface area contributed by atoms with Crippen molar-refractivity contribution in [3.05, 3.63) is 65.5 Å². The molecular formula is C18H20ClFN2OS. The van der Waals surface area contributed by atoms with Crippen LogP contribution in [0.1, 0.15) is 22.0 Å². The number of carbonyl (C=O) groups excluding carboxylic acids is 1. The molecule has 1 heterocycles. The van der Waals surface area contributed by atoms with Crippen LogP contribution >= 0.6 is 24.2 Å². The molecule has 1 N–H and O–H groups in total. The van der Waals surface area contributed by atoms with Gasteiger partial charge >= 0.3 is 0 Å². The van der Waals surface area contributed by atoms with Gasteiger partial charge in [0.05, 0.1) is 6.04 Å². The molecule has 1 aliphatic heterocycles. The molecule has 2 aromatic rings. The predicted molar refractivity (Wildman–Crippen MR) is 98.5 cm³/mol. The van der Waals surface area contributed by atoms with Crippen molar-refractivity contribution < 1.29 is 9.18 Å². The topological polar surface area (TPSA) is 32.3 Å². The minimum absolute atomic E-state index is 0. The van der Waals surface area contributed by atoms with E-state index >= 15 is 0 Å². The molecule has 128 valence electrons. The standard InChI is InChI=1S/C18H19FN2OS.ClH/c1-23-16-7-5-13(6-8-16)18(22)21-10-9-20-12-17(21)14-3-2-4-15(19)11-14;/h2-8,11,17,20H,9-10,12H2,1H3;1H. The number of hydrogen-bond donors (Lipinski definition) is 1. The van der Waals surface area contributed by atoms with Crippen molar-refractivity contribution in [2.45, 2.75) is 10.9 Å². The maximum Gasteiger partial charge on any atom is 0.254 e. The van der Waals surface area contributed by atoms with Gasteiger partial charge in [-0.3, -0.25) is 4.79 Å². The van der Waals surface area contributed by atoms with Crippen molar-refractivity contribution >= 4 is 30.1 Å². The highest BCUT2D eigenvalue weighted by molar-refractivity contribution is 7.98. The summed E-state index contributed by atoms with van der Waals surface area (Å²) in [6, 6.07) is 14.0. The fourth-order valence-electron chi connectivity index (χ4n) is 2.86. The molecule has 1 atom stereocenters. The van der Waals surface area contributed by atoms with Crippen molar-refractivity contribution in [2.24, 2.45) is 0 Å². The lowest BCUT2D eigenvalue weighted by molar-refractivity contribution is 0.0634. The highest BCUT2D eigenvalue weighted by atomic mass is 35.5. The molecule has 0 aromatic heterocycles. The molecule has 3 rings (SSSR count). The number of hydrogen-bond acceptors (Lipinski definition) is 3. The van der Waals surface area contributed by atoms with Crippen LogP contribution in [0.5, 0.6) is 0 Å². The average Bonchev–Trinajstić information content (AvgIpc) is 2.61. The molecule has 1 fully saturated rings. The van der Waals surface area contributed by atoms with Crippen LogP contribution in [0, 0.1) is 5.82 Å². The summed E-state index contributed by atoms with van der Waals surface area (Å²) in [6.45, 7) is 2.00. The number of benzene rings is 2. The number of carbonyl (C=O) groups is 1. The summed E-state index contributed by atoms with van der Waals surface area (Å²) in [4.78, 5) is 15.8. The third kappa shape index (κ3) is 4.09. The van der Waals surface area contributed by atoms with Gasteiger partial charge in [-0.05, 0) is 48.2 Å². The largest absolute Gasteiger partial charge is 0.329 e. The average molecular weight is 367 g/mol. The number of amides is 1. The number of nitrogens with zero attached hydrogens (tertiary/aromatic N) is 1. The van der Waals surface area contributed by atoms with Crippen LogP contribution in [-0.4, -0.2) is 36.7 Å². The van der Waals surface area contributed by atoms with E-state index in [0.717, 1.165) is 17.0 Å². The van der Waals surface area contributed by atoms with Crippen LogP contribution < -0.4 is 5.32 Å². The molecule has 3 nitrogen and oxygen atoms in total. The normalized spacial score (nSPS) is 17.2. The number of piperazine rings is 1. The molecule has 0 spiro atoms.